The van der Waals surface area contributed by atoms with Gasteiger partial charge in [0.2, 0.25) is 0 Å². The molecule has 0 fully saturated rings. The van der Waals surface area contributed by atoms with Gasteiger partial charge in [-0.3, -0.25) is 0 Å². The number of benzene rings is 7. The fourth-order valence-corrected chi connectivity index (χ4v) is 5.88. The summed E-state index contributed by atoms with van der Waals surface area (Å²) < 4.78 is 82.9. The molecule has 0 aliphatic rings. The number of fused-ring (bicyclic) bond motifs is 3. The molecule has 0 bridgehead atoms. The highest BCUT2D eigenvalue weighted by Crippen LogP contribution is 2.45. The number of hydrogen-bond acceptors (Lipinski definition) is 0. The van der Waals surface area contributed by atoms with E-state index in [1.165, 1.54) is 12.1 Å². The Balaban J connectivity index is 1.58. The summed E-state index contributed by atoms with van der Waals surface area (Å²) >= 11 is 0. The minimum Gasteiger partial charge on any atom is -0.204 e. The van der Waals surface area contributed by atoms with E-state index < -0.39 is 29.2 Å². The first kappa shape index (κ1) is 26.8. The van der Waals surface area contributed by atoms with Crippen LogP contribution in [0.4, 0.5) is 26.3 Å². The van der Waals surface area contributed by atoms with Crippen LogP contribution in [0.1, 0.15) is 5.56 Å². The van der Waals surface area contributed by atoms with E-state index in [1.54, 1.807) is 0 Å². The predicted molar refractivity (Wildman–Crippen MR) is 160 cm³/mol. The van der Waals surface area contributed by atoms with E-state index in [0.29, 0.717) is 27.5 Å². The van der Waals surface area contributed by atoms with Crippen molar-refractivity contribution in [3.63, 3.8) is 0 Å². The van der Waals surface area contributed by atoms with Gasteiger partial charge in [-0.1, -0.05) is 84.9 Å². The Morgan fingerprint density at radius 3 is 1.58 bits per heavy atom. The fourth-order valence-electron chi connectivity index (χ4n) is 5.88. The van der Waals surface area contributed by atoms with Gasteiger partial charge in [-0.25, -0.2) is 13.2 Å². The third-order valence-electron chi connectivity index (χ3n) is 7.88. The van der Waals surface area contributed by atoms with E-state index in [-0.39, 0.29) is 5.56 Å². The molecule has 0 aromatic heterocycles. The van der Waals surface area contributed by atoms with Gasteiger partial charge in [0.05, 0.1) is 5.56 Å². The number of rotatable bonds is 3. The highest BCUT2D eigenvalue weighted by atomic mass is 19.4. The van der Waals surface area contributed by atoms with E-state index in [2.05, 4.69) is 6.07 Å². The molecule has 0 N–H and O–H groups in total. The second-order valence-corrected chi connectivity index (χ2v) is 10.4. The molecule has 0 spiro atoms. The van der Waals surface area contributed by atoms with Crippen molar-refractivity contribution in [2.45, 2.75) is 6.18 Å². The van der Waals surface area contributed by atoms with Crippen LogP contribution < -0.4 is 0 Å². The summed E-state index contributed by atoms with van der Waals surface area (Å²) in [5, 5.41) is 5.00. The molecule has 0 atom stereocenters. The molecule has 7 aromatic carbocycles. The van der Waals surface area contributed by atoms with Crippen LogP contribution in [0.2, 0.25) is 0 Å². The summed E-state index contributed by atoms with van der Waals surface area (Å²) in [6.45, 7) is 0. The Morgan fingerprint density at radius 2 is 0.930 bits per heavy atom. The Morgan fingerprint density at radius 1 is 0.395 bits per heavy atom. The standard InChI is InChI=1S/C37H20F6/c38-32-19-26(20-33(39)36(32)40)35-29-8-4-3-7-28(29)34(25-10-9-21-5-1-2-6-23(21)17-25)30-16-13-24(18-31(30)35)22-11-14-27(15-12-22)37(41,42)43/h1-20H. The van der Waals surface area contributed by atoms with Crippen LogP contribution in [0.3, 0.4) is 0 Å². The second-order valence-electron chi connectivity index (χ2n) is 10.4. The summed E-state index contributed by atoms with van der Waals surface area (Å²) in [5.74, 6) is -4.19. The maximum absolute atomic E-state index is 14.6. The van der Waals surface area contributed by atoms with E-state index in [1.807, 2.05) is 78.9 Å². The first-order valence-corrected chi connectivity index (χ1v) is 13.5. The zero-order valence-corrected chi connectivity index (χ0v) is 22.3. The Bertz CT molecular complexity index is 2170. The summed E-state index contributed by atoms with van der Waals surface area (Å²) in [7, 11) is 0. The molecule has 210 valence electrons. The Hall–Kier alpha value is -5.10. The SMILES string of the molecule is Fc1cc(-c2c3ccccc3c(-c3ccc4ccccc4c3)c3ccc(-c4ccc(C(F)(F)F)cc4)cc23)cc(F)c1F. The maximum atomic E-state index is 14.6. The minimum atomic E-state index is -4.47. The van der Waals surface area contributed by atoms with Gasteiger partial charge >= 0.3 is 6.18 Å². The third kappa shape index (κ3) is 4.59. The van der Waals surface area contributed by atoms with Crippen LogP contribution in [0, 0.1) is 17.5 Å². The Labute approximate surface area is 242 Å². The van der Waals surface area contributed by atoms with Crippen molar-refractivity contribution in [3.05, 3.63) is 144 Å². The first-order chi connectivity index (χ1) is 20.7. The lowest BCUT2D eigenvalue weighted by Crippen LogP contribution is -2.03. The van der Waals surface area contributed by atoms with Crippen molar-refractivity contribution in [2.24, 2.45) is 0 Å². The fraction of sp³-hybridized carbons (Fsp3) is 0.0270. The largest absolute Gasteiger partial charge is 0.416 e. The summed E-state index contributed by atoms with van der Waals surface area (Å²) in [6.07, 6.45) is -4.47. The topological polar surface area (TPSA) is 0 Å². The smallest absolute Gasteiger partial charge is 0.204 e. The van der Waals surface area contributed by atoms with Crippen molar-refractivity contribution in [2.75, 3.05) is 0 Å². The maximum Gasteiger partial charge on any atom is 0.416 e. The molecule has 0 saturated heterocycles. The number of hydrogen-bond donors (Lipinski definition) is 0. The zero-order valence-electron chi connectivity index (χ0n) is 22.3. The van der Waals surface area contributed by atoms with Crippen LogP contribution in [0.25, 0.3) is 65.7 Å². The van der Waals surface area contributed by atoms with E-state index in [0.717, 1.165) is 56.9 Å². The molecule has 0 radical (unpaired) electrons. The monoisotopic (exact) mass is 578 g/mol. The summed E-state index contributed by atoms with van der Waals surface area (Å²) in [4.78, 5) is 0. The molecular formula is C37H20F6. The lowest BCUT2D eigenvalue weighted by Gasteiger charge is -2.19. The van der Waals surface area contributed by atoms with Crippen LogP contribution in [0.5, 0.6) is 0 Å². The van der Waals surface area contributed by atoms with Crippen molar-refractivity contribution in [3.8, 4) is 33.4 Å². The lowest BCUT2D eigenvalue weighted by atomic mass is 9.84. The van der Waals surface area contributed by atoms with Gasteiger partial charge in [0, 0.05) is 0 Å². The molecule has 0 aliphatic heterocycles. The molecule has 0 amide bonds. The van der Waals surface area contributed by atoms with Gasteiger partial charge in [0.25, 0.3) is 0 Å². The molecule has 7 aromatic rings. The lowest BCUT2D eigenvalue weighted by molar-refractivity contribution is -0.137. The van der Waals surface area contributed by atoms with Crippen LogP contribution >= 0.6 is 0 Å². The second kappa shape index (κ2) is 10.0. The van der Waals surface area contributed by atoms with Gasteiger partial charge in [0.1, 0.15) is 0 Å². The summed E-state index contributed by atoms with van der Waals surface area (Å²) in [6, 6.07) is 33.8. The molecular weight excluding hydrogens is 558 g/mol. The highest BCUT2D eigenvalue weighted by Gasteiger charge is 2.30. The van der Waals surface area contributed by atoms with Gasteiger partial charge in [0.15, 0.2) is 17.5 Å². The Kier molecular flexibility index (Phi) is 6.24. The molecule has 6 heteroatoms. The van der Waals surface area contributed by atoms with Gasteiger partial charge < -0.3 is 0 Å². The molecule has 0 saturated carbocycles. The molecule has 0 nitrogen and oxygen atoms in total. The highest BCUT2D eigenvalue weighted by molar-refractivity contribution is 6.22. The minimum absolute atomic E-state index is 0.146. The van der Waals surface area contributed by atoms with Crippen LogP contribution in [0.15, 0.2) is 121 Å². The van der Waals surface area contributed by atoms with Crippen LogP contribution in [-0.4, -0.2) is 0 Å². The molecule has 0 unspecified atom stereocenters. The molecule has 7 rings (SSSR count). The first-order valence-electron chi connectivity index (χ1n) is 13.5. The van der Waals surface area contributed by atoms with Crippen molar-refractivity contribution >= 4 is 32.3 Å². The van der Waals surface area contributed by atoms with E-state index in [4.69, 9.17) is 0 Å². The molecule has 43 heavy (non-hydrogen) atoms. The van der Waals surface area contributed by atoms with Gasteiger partial charge in [-0.2, -0.15) is 13.2 Å². The van der Waals surface area contributed by atoms with Crippen molar-refractivity contribution in [1.29, 1.82) is 0 Å². The quantitative estimate of drug-likeness (QED) is 0.111. The number of halogens is 6. The third-order valence-corrected chi connectivity index (χ3v) is 7.88. The van der Waals surface area contributed by atoms with E-state index >= 15 is 0 Å². The van der Waals surface area contributed by atoms with Crippen molar-refractivity contribution in [1.82, 2.24) is 0 Å². The average Bonchev–Trinajstić information content (AvgIpc) is 3.01. The summed E-state index contributed by atoms with van der Waals surface area (Å²) in [5.41, 5.74) is 2.84. The molecule has 0 aliphatic carbocycles. The van der Waals surface area contributed by atoms with E-state index in [9.17, 15) is 26.3 Å². The zero-order chi connectivity index (χ0) is 29.9. The van der Waals surface area contributed by atoms with Gasteiger partial charge in [-0.05, 0) is 102 Å². The number of alkyl halides is 3. The van der Waals surface area contributed by atoms with Crippen LogP contribution in [-0.2, 0) is 6.18 Å². The molecule has 0 heterocycles. The van der Waals surface area contributed by atoms with Gasteiger partial charge in [-0.15, -0.1) is 0 Å². The predicted octanol–water partition coefficient (Wildman–Crippen LogP) is 11.6. The normalized spacial score (nSPS) is 12.0. The average molecular weight is 579 g/mol. The van der Waals surface area contributed by atoms with Crippen molar-refractivity contribution < 1.29 is 26.3 Å².